The van der Waals surface area contributed by atoms with E-state index in [0.717, 1.165) is 18.8 Å². The molecule has 174 valence electrons. The van der Waals surface area contributed by atoms with Crippen LogP contribution in [0, 0.1) is 17.8 Å². The van der Waals surface area contributed by atoms with E-state index in [1.807, 2.05) is 12.1 Å². The average molecular weight is 450 g/mol. The number of carbonyl (C=O) groups excluding carboxylic acids is 1. The summed E-state index contributed by atoms with van der Waals surface area (Å²) in [6.45, 7) is 11.9. The molecule has 1 aromatic carbocycles. The zero-order chi connectivity index (χ0) is 22.8. The third-order valence-corrected chi connectivity index (χ3v) is 8.85. The largest absolute Gasteiger partial charge is 0.371 e. The van der Waals surface area contributed by atoms with Crippen molar-refractivity contribution in [3.63, 3.8) is 0 Å². The predicted octanol–water partition coefficient (Wildman–Crippen LogP) is 4.38. The second-order valence-corrected chi connectivity index (χ2v) is 13.1. The number of anilines is 2. The number of nitrogens with zero attached hydrogens (tertiary/aromatic N) is 1. The lowest BCUT2D eigenvalue weighted by molar-refractivity contribution is -0.120. The number of hydrogen-bond donors (Lipinski definition) is 2. The Hall–Kier alpha value is -1.60. The monoisotopic (exact) mass is 449 g/mol. The van der Waals surface area contributed by atoms with Crippen molar-refractivity contribution in [3.8, 4) is 0 Å². The molecule has 3 rings (SSSR count). The van der Waals surface area contributed by atoms with Gasteiger partial charge in [0.1, 0.15) is 0 Å². The van der Waals surface area contributed by atoms with Gasteiger partial charge in [-0.2, -0.15) is 0 Å². The van der Waals surface area contributed by atoms with Crippen LogP contribution in [0.3, 0.4) is 0 Å². The van der Waals surface area contributed by atoms with Gasteiger partial charge in [-0.3, -0.25) is 4.79 Å². The van der Waals surface area contributed by atoms with Crippen LogP contribution in [0.4, 0.5) is 11.4 Å². The molecule has 1 heterocycles. The topological polar surface area (TPSA) is 78.5 Å². The zero-order valence-corrected chi connectivity index (χ0v) is 20.5. The van der Waals surface area contributed by atoms with Gasteiger partial charge in [-0.05, 0) is 89.0 Å². The summed E-state index contributed by atoms with van der Waals surface area (Å²) in [7, 11) is -3.36. The molecule has 1 amide bonds. The summed E-state index contributed by atoms with van der Waals surface area (Å²) in [5.41, 5.74) is 2.03. The highest BCUT2D eigenvalue weighted by atomic mass is 32.2. The van der Waals surface area contributed by atoms with E-state index in [1.165, 1.54) is 12.1 Å². The van der Waals surface area contributed by atoms with Gasteiger partial charge in [0, 0.05) is 36.4 Å². The van der Waals surface area contributed by atoms with Gasteiger partial charge >= 0.3 is 0 Å². The van der Waals surface area contributed by atoms with Gasteiger partial charge in [-0.25, -0.2) is 13.1 Å². The lowest BCUT2D eigenvalue weighted by Crippen LogP contribution is -2.46. The van der Waals surface area contributed by atoms with Crippen LogP contribution in [0.2, 0.25) is 0 Å². The highest BCUT2D eigenvalue weighted by Gasteiger charge is 2.34. The normalized spacial score (nSPS) is 27.7. The van der Waals surface area contributed by atoms with Crippen LogP contribution in [-0.2, 0) is 14.8 Å². The zero-order valence-electron chi connectivity index (χ0n) is 19.6. The molecule has 0 radical (unpaired) electrons. The van der Waals surface area contributed by atoms with E-state index in [0.29, 0.717) is 37.5 Å². The molecule has 2 aliphatic rings. The molecule has 6 nitrogen and oxygen atoms in total. The lowest BCUT2D eigenvalue weighted by atomic mass is 9.86. The van der Waals surface area contributed by atoms with E-state index in [9.17, 15) is 13.2 Å². The average Bonchev–Trinajstić information content (AvgIpc) is 2.67. The molecule has 31 heavy (non-hydrogen) atoms. The standard InChI is InChI=1S/C24H39N3O3S/c1-17-14-18(2)16-27(15-17)22-12-10-20(11-13-22)25-23(28)19-6-8-21(9-7-19)26-31(29,30)24(3,4)5/h10-13,17-19,21,26H,6-9,14-16H2,1-5H3,(H,25,28)/t17-,18?,19-,21-/m1/s1. The first-order valence-electron chi connectivity index (χ1n) is 11.6. The summed E-state index contributed by atoms with van der Waals surface area (Å²) in [5, 5.41) is 3.05. The Labute approximate surface area is 188 Å². The van der Waals surface area contributed by atoms with Crippen molar-refractivity contribution >= 4 is 27.3 Å². The number of sulfonamides is 1. The van der Waals surface area contributed by atoms with E-state index in [2.05, 4.69) is 40.9 Å². The minimum Gasteiger partial charge on any atom is -0.371 e. The number of rotatable bonds is 5. The highest BCUT2D eigenvalue weighted by molar-refractivity contribution is 7.90. The van der Waals surface area contributed by atoms with Crippen LogP contribution >= 0.6 is 0 Å². The van der Waals surface area contributed by atoms with Crippen molar-refractivity contribution in [3.05, 3.63) is 24.3 Å². The number of hydrogen-bond acceptors (Lipinski definition) is 4. The molecule has 1 aromatic rings. The van der Waals surface area contributed by atoms with Crippen LogP contribution in [0.5, 0.6) is 0 Å². The molecule has 7 heteroatoms. The third kappa shape index (κ3) is 6.22. The van der Waals surface area contributed by atoms with E-state index in [-0.39, 0.29) is 17.9 Å². The maximum absolute atomic E-state index is 12.7. The Kier molecular flexibility index (Phi) is 7.36. The van der Waals surface area contributed by atoms with Crippen molar-refractivity contribution in [1.29, 1.82) is 0 Å². The van der Waals surface area contributed by atoms with Crippen LogP contribution in [0.1, 0.15) is 66.7 Å². The fraction of sp³-hybridized carbons (Fsp3) is 0.708. The van der Waals surface area contributed by atoms with Gasteiger partial charge in [-0.15, -0.1) is 0 Å². The van der Waals surface area contributed by atoms with Gasteiger partial charge in [0.15, 0.2) is 0 Å². The van der Waals surface area contributed by atoms with Gasteiger partial charge in [0.25, 0.3) is 0 Å². The Balaban J connectivity index is 1.50. The van der Waals surface area contributed by atoms with Crippen molar-refractivity contribution < 1.29 is 13.2 Å². The maximum Gasteiger partial charge on any atom is 0.227 e. The SMILES string of the molecule is CC1C[C@@H](C)CN(c2ccc(NC(=O)[C@H]3CC[C@H](NS(=O)(=O)C(C)(C)C)CC3)cc2)C1. The van der Waals surface area contributed by atoms with Crippen molar-refractivity contribution in [2.45, 2.75) is 77.5 Å². The fourth-order valence-corrected chi connectivity index (χ4v) is 5.77. The van der Waals surface area contributed by atoms with E-state index in [1.54, 1.807) is 20.8 Å². The maximum atomic E-state index is 12.7. The number of benzene rings is 1. The van der Waals surface area contributed by atoms with Crippen molar-refractivity contribution in [2.75, 3.05) is 23.3 Å². The lowest BCUT2D eigenvalue weighted by Gasteiger charge is -2.36. The number of carbonyl (C=O) groups is 1. The molecule has 2 N–H and O–H groups in total. The molecule has 1 aliphatic heterocycles. The Morgan fingerprint density at radius 2 is 1.52 bits per heavy atom. The fourth-order valence-electron chi connectivity index (χ4n) is 4.74. The second kappa shape index (κ2) is 9.49. The van der Waals surface area contributed by atoms with Crippen LogP contribution in [0.25, 0.3) is 0 Å². The Morgan fingerprint density at radius 1 is 0.968 bits per heavy atom. The minimum atomic E-state index is -3.36. The second-order valence-electron chi connectivity index (χ2n) is 10.7. The first kappa shape index (κ1) is 24.1. The molecule has 1 unspecified atom stereocenters. The van der Waals surface area contributed by atoms with E-state index < -0.39 is 14.8 Å². The summed E-state index contributed by atoms with van der Waals surface area (Å²) in [6.07, 6.45) is 4.06. The molecule has 2 fully saturated rings. The highest BCUT2D eigenvalue weighted by Crippen LogP contribution is 2.29. The third-order valence-electron chi connectivity index (χ3n) is 6.59. The molecule has 1 aliphatic carbocycles. The minimum absolute atomic E-state index is 0.0325. The van der Waals surface area contributed by atoms with E-state index >= 15 is 0 Å². The molecule has 0 aromatic heterocycles. The molecule has 0 spiro atoms. The van der Waals surface area contributed by atoms with Gasteiger partial charge in [-0.1, -0.05) is 13.8 Å². The number of piperidine rings is 1. The number of amides is 1. The number of nitrogens with one attached hydrogen (secondary N) is 2. The van der Waals surface area contributed by atoms with Gasteiger partial charge in [0.05, 0.1) is 4.75 Å². The Morgan fingerprint density at radius 3 is 2.03 bits per heavy atom. The van der Waals surface area contributed by atoms with E-state index in [4.69, 9.17) is 0 Å². The quantitative estimate of drug-likeness (QED) is 0.699. The first-order chi connectivity index (χ1) is 14.4. The summed E-state index contributed by atoms with van der Waals surface area (Å²) < 4.78 is 26.7. The first-order valence-corrected chi connectivity index (χ1v) is 13.1. The summed E-state index contributed by atoms with van der Waals surface area (Å²) >= 11 is 0. The smallest absolute Gasteiger partial charge is 0.227 e. The van der Waals surface area contributed by atoms with Crippen LogP contribution in [-0.4, -0.2) is 38.2 Å². The van der Waals surface area contributed by atoms with Crippen LogP contribution in [0.15, 0.2) is 24.3 Å². The summed E-state index contributed by atoms with van der Waals surface area (Å²) in [6, 6.07) is 8.08. The summed E-state index contributed by atoms with van der Waals surface area (Å²) in [5.74, 6) is 1.36. The molecule has 0 bridgehead atoms. The molecule has 1 saturated heterocycles. The van der Waals surface area contributed by atoms with Gasteiger partial charge in [0.2, 0.25) is 15.9 Å². The molecule has 1 saturated carbocycles. The molecular formula is C24H39N3O3S. The van der Waals surface area contributed by atoms with Crippen molar-refractivity contribution in [2.24, 2.45) is 17.8 Å². The molecular weight excluding hydrogens is 410 g/mol. The van der Waals surface area contributed by atoms with Crippen molar-refractivity contribution in [1.82, 2.24) is 4.72 Å². The predicted molar refractivity (Wildman–Crippen MR) is 128 cm³/mol. The molecule has 2 atom stereocenters. The summed E-state index contributed by atoms with van der Waals surface area (Å²) in [4.78, 5) is 15.2. The Bertz CT molecular complexity index is 843. The van der Waals surface area contributed by atoms with Gasteiger partial charge < -0.3 is 10.2 Å². The van der Waals surface area contributed by atoms with Crippen LogP contribution < -0.4 is 14.9 Å².